The number of para-hydroxylation sites is 1. The van der Waals surface area contributed by atoms with E-state index in [1.807, 2.05) is 47.0 Å². The molecule has 0 spiro atoms. The zero-order chi connectivity index (χ0) is 55.4. The third-order valence-electron chi connectivity index (χ3n) is 12.9. The van der Waals surface area contributed by atoms with Crippen molar-refractivity contribution < 1.29 is 16.1 Å². The normalized spacial score (nSPS) is 14.7. The molecule has 0 aliphatic rings. The lowest BCUT2D eigenvalue weighted by Gasteiger charge is -2.27. The first-order chi connectivity index (χ1) is 34.5. The van der Waals surface area contributed by atoms with Crippen LogP contribution in [0.3, 0.4) is 0 Å². The molecule has 1 N–H and O–H groups in total. The summed E-state index contributed by atoms with van der Waals surface area (Å²) in [7, 11) is 0. The Hall–Kier alpha value is -6.26. The Kier molecular flexibility index (Phi) is 9.48. The lowest BCUT2D eigenvalue weighted by Crippen LogP contribution is -2.17. The second-order valence-electron chi connectivity index (χ2n) is 23.4. The van der Waals surface area contributed by atoms with Crippen molar-refractivity contribution in [2.45, 2.75) is 138 Å². The average Bonchev–Trinajstić information content (AvgIpc) is 3.70. The fourth-order valence-electron chi connectivity index (χ4n) is 8.64. The quantitative estimate of drug-likeness (QED) is 0.181. The van der Waals surface area contributed by atoms with E-state index >= 15 is 0 Å². The van der Waals surface area contributed by atoms with Gasteiger partial charge in [0.05, 0.1) is 34.8 Å². The minimum absolute atomic E-state index is 0.0662. The molecule has 0 unspecified atom stereocenters. The number of pyridine rings is 1. The number of hydrogen-bond donors (Lipinski definition) is 1. The van der Waals surface area contributed by atoms with E-state index in [0.29, 0.717) is 39.4 Å². The summed E-state index contributed by atoms with van der Waals surface area (Å²) in [6.45, 7) is 29.5. The Balaban J connectivity index is 1.45. The highest BCUT2D eigenvalue weighted by molar-refractivity contribution is 5.97. The average molecular weight is 894 g/mol. The summed E-state index contributed by atoms with van der Waals surface area (Å²) >= 11 is 0. The molecule has 8 rings (SSSR count). The Bertz CT molecular complexity index is 3510. The van der Waals surface area contributed by atoms with Gasteiger partial charge in [0.15, 0.2) is 0 Å². The molecule has 0 aliphatic heterocycles. The van der Waals surface area contributed by atoms with Crippen LogP contribution in [0.2, 0.25) is 0 Å². The summed E-state index contributed by atoms with van der Waals surface area (Å²) in [6.07, 6.45) is 1.59. The van der Waals surface area contributed by atoms with E-state index in [-0.39, 0.29) is 50.6 Å². The van der Waals surface area contributed by atoms with Crippen molar-refractivity contribution in [3.8, 4) is 67.5 Å². The van der Waals surface area contributed by atoms with Gasteiger partial charge in [-0.3, -0.25) is 9.55 Å². The molecule has 0 aliphatic carbocycles. The summed E-state index contributed by atoms with van der Waals surface area (Å²) in [6, 6.07) is 30.0. The monoisotopic (exact) mass is 894 g/mol. The predicted octanol–water partition coefficient (Wildman–Crippen LogP) is 17.3. The molecule has 67 heavy (non-hydrogen) atoms. The number of imidazole rings is 1. The van der Waals surface area contributed by atoms with Crippen LogP contribution >= 0.6 is 0 Å². The number of rotatable bonds is 6. The van der Waals surface area contributed by atoms with Gasteiger partial charge in [-0.25, -0.2) is 4.98 Å². The standard InChI is InChI=1S/C63H71N3O/c1-39-29-41(43-31-47(60(5,6)7)36-48(32-43)61(8,9)10)25-26-54(39)66-55-24-20-23-50(56(55)65-58(66)51-37-49(62(11,12)13)38-52(57(51)67)63(14,15)16)44-30-45(34-46(33-44)59(2,3)4)53-35-42(27-28-64-53)40-21-18-17-19-22-40/h17-38,67H,1-16H3/i1D3,17D,18D,19D,21D,22D. The van der Waals surface area contributed by atoms with Gasteiger partial charge in [-0.2, -0.15) is 0 Å². The molecule has 2 heterocycles. The Morgan fingerprint density at radius 1 is 0.507 bits per heavy atom. The maximum atomic E-state index is 12.6. The van der Waals surface area contributed by atoms with Crippen LogP contribution < -0.4 is 0 Å². The summed E-state index contributed by atoms with van der Waals surface area (Å²) < 4.78 is 71.9. The SMILES string of the molecule is [2H]c1c([2H])c([2H])c(-c2ccnc(-c3cc(-c4cccc5c4nc(-c4cc(C(C)(C)C)cc(C(C)(C)C)c4O)n5-c4ccc(-c5cc(C(C)(C)C)cc(C(C)(C)C)c5)cc4C([2H])([2H])[2H])cc(C(C)(C)C)c3)c2)c([2H])c1[2H]. The van der Waals surface area contributed by atoms with Crippen molar-refractivity contribution in [2.24, 2.45) is 0 Å². The van der Waals surface area contributed by atoms with Crippen LogP contribution in [0, 0.1) is 6.85 Å². The van der Waals surface area contributed by atoms with Gasteiger partial charge >= 0.3 is 0 Å². The molecule has 4 heteroatoms. The number of fused-ring (bicyclic) bond motifs is 1. The first-order valence-corrected chi connectivity index (χ1v) is 23.4. The maximum Gasteiger partial charge on any atom is 0.149 e. The predicted molar refractivity (Wildman–Crippen MR) is 286 cm³/mol. The lowest BCUT2D eigenvalue weighted by molar-refractivity contribution is 0.446. The molecule has 0 saturated heterocycles. The molecule has 0 atom stereocenters. The molecule has 0 saturated carbocycles. The smallest absolute Gasteiger partial charge is 0.149 e. The summed E-state index contributed by atoms with van der Waals surface area (Å²) in [5.41, 5.74) is 10.8. The summed E-state index contributed by atoms with van der Waals surface area (Å²) in [5, 5.41) is 12.6. The molecule has 2 aromatic heterocycles. The van der Waals surface area contributed by atoms with Crippen molar-refractivity contribution in [1.29, 1.82) is 0 Å². The number of phenols is 1. The minimum Gasteiger partial charge on any atom is -0.507 e. The van der Waals surface area contributed by atoms with Gasteiger partial charge in [-0.1, -0.05) is 183 Å². The van der Waals surface area contributed by atoms with Crippen LogP contribution in [0.1, 0.15) is 148 Å². The van der Waals surface area contributed by atoms with Gasteiger partial charge in [-0.05, 0) is 138 Å². The third-order valence-corrected chi connectivity index (χ3v) is 12.9. The third kappa shape index (κ3) is 9.51. The largest absolute Gasteiger partial charge is 0.507 e. The molecule has 344 valence electrons. The molecule has 0 bridgehead atoms. The zero-order valence-corrected chi connectivity index (χ0v) is 42.1. The topological polar surface area (TPSA) is 50.9 Å². The Morgan fingerprint density at radius 3 is 1.70 bits per heavy atom. The van der Waals surface area contributed by atoms with E-state index in [0.717, 1.165) is 55.6 Å². The molecule has 0 radical (unpaired) electrons. The molecule has 8 aromatic rings. The highest BCUT2D eigenvalue weighted by Crippen LogP contribution is 2.46. The Morgan fingerprint density at radius 2 is 1.09 bits per heavy atom. The second kappa shape index (κ2) is 16.8. The molecular formula is C63H71N3O. The highest BCUT2D eigenvalue weighted by Gasteiger charge is 2.30. The maximum absolute atomic E-state index is 12.6. The van der Waals surface area contributed by atoms with Crippen molar-refractivity contribution in [3.05, 3.63) is 167 Å². The van der Waals surface area contributed by atoms with Crippen molar-refractivity contribution in [2.75, 3.05) is 0 Å². The summed E-state index contributed by atoms with van der Waals surface area (Å²) in [5.74, 6) is 0.450. The second-order valence-corrected chi connectivity index (χ2v) is 23.4. The Labute approximate surface area is 412 Å². The molecule has 0 fully saturated rings. The number of aromatic hydroxyl groups is 1. The molecule has 4 nitrogen and oxygen atoms in total. The van der Waals surface area contributed by atoms with E-state index in [2.05, 4.69) is 140 Å². The van der Waals surface area contributed by atoms with Crippen LogP contribution in [0.15, 0.2) is 133 Å². The number of aromatic nitrogens is 3. The van der Waals surface area contributed by atoms with E-state index in [4.69, 9.17) is 16.8 Å². The van der Waals surface area contributed by atoms with Crippen molar-refractivity contribution in [3.63, 3.8) is 0 Å². The van der Waals surface area contributed by atoms with Gasteiger partial charge in [0.1, 0.15) is 11.6 Å². The fraction of sp³-hybridized carbons (Fsp3) is 0.333. The molecule has 0 amide bonds. The molecule has 6 aromatic carbocycles. The fourth-order valence-corrected chi connectivity index (χ4v) is 8.64. The van der Waals surface area contributed by atoms with Gasteiger partial charge in [-0.15, -0.1) is 0 Å². The number of phenolic OH excluding ortho intramolecular Hbond substituents is 1. The highest BCUT2D eigenvalue weighted by atomic mass is 16.3. The van der Waals surface area contributed by atoms with Crippen LogP contribution in [0.4, 0.5) is 0 Å². The molecular weight excluding hydrogens is 815 g/mol. The van der Waals surface area contributed by atoms with E-state index < -0.39 is 30.4 Å². The van der Waals surface area contributed by atoms with E-state index in [1.54, 1.807) is 24.4 Å². The first-order valence-electron chi connectivity index (χ1n) is 27.4. The van der Waals surface area contributed by atoms with Crippen LogP contribution in [-0.4, -0.2) is 19.6 Å². The van der Waals surface area contributed by atoms with Crippen LogP contribution in [-0.2, 0) is 27.1 Å². The summed E-state index contributed by atoms with van der Waals surface area (Å²) in [4.78, 5) is 10.3. The lowest BCUT2D eigenvalue weighted by atomic mass is 9.78. The van der Waals surface area contributed by atoms with E-state index in [1.165, 1.54) is 0 Å². The number of hydrogen-bond acceptors (Lipinski definition) is 3. The minimum atomic E-state index is -2.58. The van der Waals surface area contributed by atoms with Crippen molar-refractivity contribution >= 4 is 11.0 Å². The van der Waals surface area contributed by atoms with E-state index in [9.17, 15) is 9.22 Å². The van der Waals surface area contributed by atoms with Gasteiger partial charge < -0.3 is 5.11 Å². The van der Waals surface area contributed by atoms with Gasteiger partial charge in [0.2, 0.25) is 0 Å². The van der Waals surface area contributed by atoms with Crippen molar-refractivity contribution in [1.82, 2.24) is 14.5 Å². The zero-order valence-electron chi connectivity index (χ0n) is 50.1. The van der Waals surface area contributed by atoms with Crippen LogP contribution in [0.5, 0.6) is 5.75 Å². The first kappa shape index (κ1) is 37.8. The number of nitrogens with zero attached hydrogens (tertiary/aromatic N) is 3. The number of benzene rings is 6. The number of aryl methyl sites for hydroxylation is 1. The van der Waals surface area contributed by atoms with Gasteiger partial charge in [0, 0.05) is 27.0 Å². The van der Waals surface area contributed by atoms with Crippen LogP contribution in [0.25, 0.3) is 72.7 Å². The van der Waals surface area contributed by atoms with Gasteiger partial charge in [0.25, 0.3) is 0 Å².